The predicted octanol–water partition coefficient (Wildman–Crippen LogP) is 13.9. The molecule has 0 bridgehead atoms. The van der Waals surface area contributed by atoms with Crippen LogP contribution < -0.4 is 0 Å². The zero-order chi connectivity index (χ0) is 37.1. The van der Waals surface area contributed by atoms with Gasteiger partial charge in [-0.2, -0.15) is 0 Å². The van der Waals surface area contributed by atoms with E-state index in [9.17, 15) is 0 Å². The molecule has 0 spiro atoms. The fraction of sp³-hybridized carbons (Fsp3) is 0.231. The van der Waals surface area contributed by atoms with Crippen molar-refractivity contribution >= 4 is 0 Å². The van der Waals surface area contributed by atoms with Gasteiger partial charge in [0, 0.05) is 23.5 Å². The second kappa shape index (κ2) is 15.4. The highest BCUT2D eigenvalue weighted by atomic mass is 14.7. The van der Waals surface area contributed by atoms with Crippen molar-refractivity contribution in [1.29, 1.82) is 0 Å². The maximum absolute atomic E-state index is 4.77. The zero-order valence-corrected chi connectivity index (χ0v) is 32.1. The number of aromatic nitrogens is 2. The number of benzene rings is 5. The molecule has 0 N–H and O–H groups in total. The van der Waals surface area contributed by atoms with E-state index in [0.29, 0.717) is 0 Å². The van der Waals surface area contributed by atoms with Crippen molar-refractivity contribution in [3.63, 3.8) is 0 Å². The third-order valence-electron chi connectivity index (χ3n) is 11.3. The number of rotatable bonds is 9. The van der Waals surface area contributed by atoms with Crippen LogP contribution in [0.4, 0.5) is 0 Å². The molecule has 0 unspecified atom stereocenters. The van der Waals surface area contributed by atoms with Crippen molar-refractivity contribution in [2.75, 3.05) is 0 Å². The van der Waals surface area contributed by atoms with Gasteiger partial charge in [-0.25, -0.2) is 0 Å². The van der Waals surface area contributed by atoms with Crippen LogP contribution in [0.5, 0.6) is 0 Å². The topological polar surface area (TPSA) is 25.8 Å². The molecule has 2 heterocycles. The first-order valence-electron chi connectivity index (χ1n) is 19.7. The summed E-state index contributed by atoms with van der Waals surface area (Å²) in [5.74, 6) is 0.735. The van der Waals surface area contributed by atoms with E-state index < -0.39 is 0 Å². The summed E-state index contributed by atoms with van der Waals surface area (Å²) >= 11 is 0. The normalized spacial score (nSPS) is 13.3. The maximum Gasteiger partial charge on any atom is 0.0708 e. The van der Waals surface area contributed by atoms with Crippen LogP contribution in [0.2, 0.25) is 0 Å². The molecule has 1 aliphatic rings. The van der Waals surface area contributed by atoms with Crippen LogP contribution in [-0.4, -0.2) is 9.97 Å². The Morgan fingerprint density at radius 1 is 0.519 bits per heavy atom. The summed E-state index contributed by atoms with van der Waals surface area (Å²) < 4.78 is 0. The Kier molecular flexibility index (Phi) is 10.1. The molecule has 268 valence electrons. The second-order valence-corrected chi connectivity index (χ2v) is 16.2. The summed E-state index contributed by atoms with van der Waals surface area (Å²) in [5.41, 5.74) is 18.6. The monoisotopic (exact) mass is 702 g/mol. The number of pyridine rings is 2. The van der Waals surface area contributed by atoms with Gasteiger partial charge in [0.15, 0.2) is 0 Å². The standard InChI is InChI=1S/C52H50N2/c1-36-31-38(14-13-37-15-17-43(18-16-37)50-28-27-47(35-54-50)52(2,3)4)33-46(32-36)49-12-8-7-11-48(49)42-23-25-44(26-24-42)51-34-45(29-30-53-51)41-21-19-40(20-22-41)39-9-5-6-10-39/h7-8,11-12,15-35,39H,5-6,9-10,13-14H2,1-4H3. The molecule has 1 aliphatic carbocycles. The van der Waals surface area contributed by atoms with Crippen LogP contribution in [-0.2, 0) is 18.3 Å². The smallest absolute Gasteiger partial charge is 0.0708 e. The Hall–Kier alpha value is -5.60. The van der Waals surface area contributed by atoms with E-state index in [0.717, 1.165) is 41.3 Å². The van der Waals surface area contributed by atoms with Crippen molar-refractivity contribution < 1.29 is 0 Å². The van der Waals surface area contributed by atoms with Gasteiger partial charge in [0.1, 0.15) is 0 Å². The van der Waals surface area contributed by atoms with Crippen LogP contribution >= 0.6 is 0 Å². The molecule has 2 heteroatoms. The molecule has 0 saturated heterocycles. The molecule has 5 aromatic carbocycles. The average molecular weight is 703 g/mol. The Labute approximate surface area is 322 Å². The molecule has 0 aliphatic heterocycles. The molecule has 0 radical (unpaired) electrons. The molecular formula is C52H50N2. The van der Waals surface area contributed by atoms with Gasteiger partial charge in [0.25, 0.3) is 0 Å². The lowest BCUT2D eigenvalue weighted by molar-refractivity contribution is 0.587. The highest BCUT2D eigenvalue weighted by Gasteiger charge is 2.17. The fourth-order valence-electron chi connectivity index (χ4n) is 8.08. The number of hydrogen-bond donors (Lipinski definition) is 0. The van der Waals surface area contributed by atoms with Crippen molar-refractivity contribution in [3.05, 3.63) is 180 Å². The van der Waals surface area contributed by atoms with Gasteiger partial charge in [-0.05, 0) is 118 Å². The molecular weight excluding hydrogens is 653 g/mol. The molecule has 2 aromatic heterocycles. The first-order chi connectivity index (χ1) is 26.3. The van der Waals surface area contributed by atoms with Crippen LogP contribution in [0.15, 0.2) is 152 Å². The average Bonchev–Trinajstić information content (AvgIpc) is 3.76. The summed E-state index contributed by atoms with van der Waals surface area (Å²) in [6.07, 6.45) is 11.3. The molecule has 54 heavy (non-hydrogen) atoms. The van der Waals surface area contributed by atoms with Gasteiger partial charge in [-0.3, -0.25) is 9.97 Å². The maximum atomic E-state index is 4.77. The molecule has 8 rings (SSSR count). The zero-order valence-electron chi connectivity index (χ0n) is 32.1. The Balaban J connectivity index is 0.969. The highest BCUT2D eigenvalue weighted by molar-refractivity contribution is 5.85. The summed E-state index contributed by atoms with van der Waals surface area (Å²) in [5, 5.41) is 0. The van der Waals surface area contributed by atoms with Gasteiger partial charge in [0.05, 0.1) is 11.4 Å². The lowest BCUT2D eigenvalue weighted by Gasteiger charge is -2.18. The third-order valence-corrected chi connectivity index (χ3v) is 11.3. The molecule has 2 nitrogen and oxygen atoms in total. The molecule has 7 aromatic rings. The fourth-order valence-corrected chi connectivity index (χ4v) is 8.08. The SMILES string of the molecule is Cc1cc(CCc2ccc(-c3ccc(C(C)(C)C)cn3)cc2)cc(-c2ccccc2-c2ccc(-c3cc(-c4ccc(C5CCCC5)cc4)ccn3)cc2)c1. The minimum Gasteiger partial charge on any atom is -0.256 e. The summed E-state index contributed by atoms with van der Waals surface area (Å²) in [6, 6.07) is 51.6. The van der Waals surface area contributed by atoms with E-state index in [2.05, 4.69) is 167 Å². The lowest BCUT2D eigenvalue weighted by Crippen LogP contribution is -2.11. The van der Waals surface area contributed by atoms with Gasteiger partial charge < -0.3 is 0 Å². The first-order valence-corrected chi connectivity index (χ1v) is 19.7. The van der Waals surface area contributed by atoms with Gasteiger partial charge in [-0.1, -0.05) is 161 Å². The molecule has 0 amide bonds. The minimum absolute atomic E-state index is 0.104. The Morgan fingerprint density at radius 2 is 1.15 bits per heavy atom. The summed E-state index contributed by atoms with van der Waals surface area (Å²) in [7, 11) is 0. The van der Waals surface area contributed by atoms with E-state index in [-0.39, 0.29) is 5.41 Å². The van der Waals surface area contributed by atoms with Crippen LogP contribution in [0.25, 0.3) is 55.9 Å². The third kappa shape index (κ3) is 7.99. The lowest BCUT2D eigenvalue weighted by atomic mass is 9.88. The Bertz CT molecular complexity index is 2340. The van der Waals surface area contributed by atoms with Crippen molar-refractivity contribution in [1.82, 2.24) is 9.97 Å². The molecule has 1 saturated carbocycles. The number of nitrogens with zero attached hydrogens (tertiary/aromatic N) is 2. The van der Waals surface area contributed by atoms with Gasteiger partial charge in [0.2, 0.25) is 0 Å². The number of hydrogen-bond acceptors (Lipinski definition) is 2. The number of aryl methyl sites for hydroxylation is 3. The largest absolute Gasteiger partial charge is 0.256 e. The first kappa shape index (κ1) is 35.4. The minimum atomic E-state index is 0.104. The molecule has 0 atom stereocenters. The Morgan fingerprint density at radius 3 is 1.83 bits per heavy atom. The van der Waals surface area contributed by atoms with Crippen molar-refractivity contribution in [2.24, 2.45) is 0 Å². The second-order valence-electron chi connectivity index (χ2n) is 16.2. The van der Waals surface area contributed by atoms with Gasteiger partial charge >= 0.3 is 0 Å². The van der Waals surface area contributed by atoms with E-state index in [1.54, 1.807) is 0 Å². The van der Waals surface area contributed by atoms with Crippen molar-refractivity contribution in [2.45, 2.75) is 77.6 Å². The predicted molar refractivity (Wildman–Crippen MR) is 228 cm³/mol. The quantitative estimate of drug-likeness (QED) is 0.150. The van der Waals surface area contributed by atoms with Crippen molar-refractivity contribution in [3.8, 4) is 55.9 Å². The van der Waals surface area contributed by atoms with E-state index in [1.807, 2.05) is 12.4 Å². The summed E-state index contributed by atoms with van der Waals surface area (Å²) in [4.78, 5) is 9.52. The van der Waals surface area contributed by atoms with Crippen LogP contribution in [0.1, 0.15) is 80.2 Å². The summed E-state index contributed by atoms with van der Waals surface area (Å²) in [6.45, 7) is 8.88. The van der Waals surface area contributed by atoms with E-state index in [4.69, 9.17) is 9.97 Å². The molecule has 1 fully saturated rings. The highest BCUT2D eigenvalue weighted by Crippen LogP contribution is 2.37. The van der Waals surface area contributed by atoms with E-state index in [1.165, 1.54) is 86.9 Å². The van der Waals surface area contributed by atoms with Crippen LogP contribution in [0, 0.1) is 6.92 Å². The van der Waals surface area contributed by atoms with Gasteiger partial charge in [-0.15, -0.1) is 0 Å². The van der Waals surface area contributed by atoms with E-state index >= 15 is 0 Å². The van der Waals surface area contributed by atoms with Crippen LogP contribution in [0.3, 0.4) is 0 Å².